The van der Waals surface area contributed by atoms with Gasteiger partial charge < -0.3 is 20.5 Å². The molecule has 4 N–H and O–H groups in total. The largest absolute Gasteiger partial charge is 0.508 e. The number of H-pyrrole nitrogens is 1. The Labute approximate surface area is 366 Å². The van der Waals surface area contributed by atoms with Crippen molar-refractivity contribution in [2.45, 2.75) is 110 Å². The molecule has 1 atom stereocenters. The molecule has 0 bridgehead atoms. The van der Waals surface area contributed by atoms with E-state index in [1.165, 1.54) is 56.7 Å². The van der Waals surface area contributed by atoms with E-state index < -0.39 is 17.6 Å². The van der Waals surface area contributed by atoms with Gasteiger partial charge in [0.1, 0.15) is 17.2 Å². The van der Waals surface area contributed by atoms with Crippen molar-refractivity contribution < 1.29 is 19.4 Å². The summed E-state index contributed by atoms with van der Waals surface area (Å²) in [6, 6.07) is 23.1. The molecular weight excluding hydrogens is 823 g/mol. The zero-order valence-electron chi connectivity index (χ0n) is 34.5. The summed E-state index contributed by atoms with van der Waals surface area (Å²) in [4.78, 5) is 41.5. The van der Waals surface area contributed by atoms with Crippen LogP contribution in [-0.4, -0.2) is 32.8 Å². The lowest BCUT2D eigenvalue weighted by Gasteiger charge is -2.23. The maximum Gasteiger partial charge on any atom is 0.301 e. The van der Waals surface area contributed by atoms with E-state index in [4.69, 9.17) is 39.5 Å². The third kappa shape index (κ3) is 12.9. The van der Waals surface area contributed by atoms with Crippen molar-refractivity contribution in [1.82, 2.24) is 9.78 Å². The average molecular weight is 876 g/mol. The SMILES string of the molecule is CCCCCCCCCCCCC(Oc1ccc(O)c(C(C)(C)C)c1)C(=O)Nc1cccc(C(=O)Nc2[nH]n(-c3c(Cl)cc(Cl)cc3Cl)c(=O)c2N=Nc2ccccc2)c1. The molecule has 11 nitrogen and oxygen atoms in total. The summed E-state index contributed by atoms with van der Waals surface area (Å²) in [5.74, 6) is -0.433. The highest BCUT2D eigenvalue weighted by Crippen LogP contribution is 2.35. The number of aromatic hydroxyl groups is 1. The van der Waals surface area contributed by atoms with Crippen molar-refractivity contribution in [2.75, 3.05) is 10.6 Å². The van der Waals surface area contributed by atoms with Gasteiger partial charge in [0.15, 0.2) is 17.6 Å². The minimum Gasteiger partial charge on any atom is -0.508 e. The van der Waals surface area contributed by atoms with Crippen LogP contribution in [0.15, 0.2) is 100.0 Å². The number of carbonyl (C=O) groups is 2. The minimum absolute atomic E-state index is 0.0744. The Morgan fingerprint density at radius 1 is 0.800 bits per heavy atom. The molecule has 2 amide bonds. The Hall–Kier alpha value is -5.10. The van der Waals surface area contributed by atoms with Crippen molar-refractivity contribution in [1.29, 1.82) is 0 Å². The van der Waals surface area contributed by atoms with Gasteiger partial charge in [-0.2, -0.15) is 5.11 Å². The number of rotatable bonds is 20. The van der Waals surface area contributed by atoms with Gasteiger partial charge in [-0.05, 0) is 78.9 Å². The number of azo groups is 1. The lowest BCUT2D eigenvalue weighted by Crippen LogP contribution is -2.33. The van der Waals surface area contributed by atoms with Gasteiger partial charge in [0.2, 0.25) is 0 Å². The van der Waals surface area contributed by atoms with E-state index >= 15 is 0 Å². The molecule has 0 aliphatic heterocycles. The second-order valence-corrected chi connectivity index (χ2v) is 17.0. The molecule has 1 aromatic heterocycles. The highest BCUT2D eigenvalue weighted by molar-refractivity contribution is 6.40. The Bertz CT molecular complexity index is 2300. The van der Waals surface area contributed by atoms with Gasteiger partial charge in [0, 0.05) is 21.8 Å². The van der Waals surface area contributed by atoms with E-state index in [2.05, 4.69) is 32.9 Å². The van der Waals surface area contributed by atoms with E-state index in [1.807, 2.05) is 26.8 Å². The van der Waals surface area contributed by atoms with Crippen LogP contribution in [-0.2, 0) is 10.2 Å². The average Bonchev–Trinajstić information content (AvgIpc) is 3.50. The zero-order chi connectivity index (χ0) is 43.2. The van der Waals surface area contributed by atoms with E-state index in [0.717, 1.165) is 30.4 Å². The van der Waals surface area contributed by atoms with E-state index in [9.17, 15) is 19.5 Å². The maximum atomic E-state index is 13.9. The molecule has 0 aliphatic carbocycles. The number of hydrogen-bond donors (Lipinski definition) is 4. The minimum atomic E-state index is -0.845. The maximum absolute atomic E-state index is 13.9. The van der Waals surface area contributed by atoms with E-state index in [1.54, 1.807) is 60.7 Å². The summed E-state index contributed by atoms with van der Waals surface area (Å²) in [5.41, 5.74) is 0.571. The summed E-state index contributed by atoms with van der Waals surface area (Å²) in [6.07, 6.45) is 11.2. The molecule has 5 rings (SSSR count). The second-order valence-electron chi connectivity index (χ2n) is 15.8. The number of hydrogen-bond acceptors (Lipinski definition) is 7. The van der Waals surface area contributed by atoms with Gasteiger partial charge in [0.25, 0.3) is 11.8 Å². The van der Waals surface area contributed by atoms with Gasteiger partial charge in [0.05, 0.1) is 15.7 Å². The quantitative estimate of drug-likeness (QED) is 0.0453. The Morgan fingerprint density at radius 2 is 1.45 bits per heavy atom. The molecule has 0 radical (unpaired) electrons. The zero-order valence-corrected chi connectivity index (χ0v) is 36.8. The number of benzene rings is 4. The number of phenols is 1. The van der Waals surface area contributed by atoms with Crippen LogP contribution >= 0.6 is 34.8 Å². The molecule has 5 aromatic rings. The molecular formula is C46H53Cl3N6O5. The highest BCUT2D eigenvalue weighted by Gasteiger charge is 2.25. The first-order valence-electron chi connectivity index (χ1n) is 20.4. The normalized spacial score (nSPS) is 12.1. The van der Waals surface area contributed by atoms with Crippen LogP contribution < -0.4 is 20.9 Å². The van der Waals surface area contributed by atoms with Crippen LogP contribution in [0, 0.1) is 0 Å². The number of ether oxygens (including phenoxy) is 1. The van der Waals surface area contributed by atoms with Crippen LogP contribution in [0.3, 0.4) is 0 Å². The molecule has 0 saturated carbocycles. The molecule has 0 saturated heterocycles. The summed E-state index contributed by atoms with van der Waals surface area (Å²) < 4.78 is 7.39. The number of nitrogens with one attached hydrogen (secondary N) is 3. The number of aromatic nitrogens is 2. The molecule has 14 heteroatoms. The lowest BCUT2D eigenvalue weighted by molar-refractivity contribution is -0.123. The van der Waals surface area contributed by atoms with E-state index in [0.29, 0.717) is 29.1 Å². The third-order valence-electron chi connectivity index (χ3n) is 9.89. The third-order valence-corrected chi connectivity index (χ3v) is 10.7. The molecule has 1 unspecified atom stereocenters. The fourth-order valence-electron chi connectivity index (χ4n) is 6.68. The molecule has 318 valence electrons. The number of unbranched alkanes of at least 4 members (excludes halogenated alkanes) is 9. The number of carbonyl (C=O) groups excluding carboxylic acids is 2. The topological polar surface area (TPSA) is 150 Å². The molecule has 0 spiro atoms. The Morgan fingerprint density at radius 3 is 2.10 bits per heavy atom. The van der Waals surface area contributed by atoms with Gasteiger partial charge in [-0.3, -0.25) is 19.5 Å². The number of nitrogens with zero attached hydrogens (tertiary/aromatic N) is 3. The smallest absolute Gasteiger partial charge is 0.301 e. The fourth-order valence-corrected chi connectivity index (χ4v) is 7.66. The number of amides is 2. The summed E-state index contributed by atoms with van der Waals surface area (Å²) >= 11 is 19.0. The van der Waals surface area contributed by atoms with Crippen molar-refractivity contribution in [3.63, 3.8) is 0 Å². The van der Waals surface area contributed by atoms with Gasteiger partial charge in [-0.1, -0.05) is 145 Å². The second kappa shape index (κ2) is 21.9. The monoisotopic (exact) mass is 874 g/mol. The van der Waals surface area contributed by atoms with Crippen molar-refractivity contribution in [3.8, 4) is 17.2 Å². The van der Waals surface area contributed by atoms with Crippen LogP contribution in [0.5, 0.6) is 11.5 Å². The summed E-state index contributed by atoms with van der Waals surface area (Å²) in [6.45, 7) is 8.21. The lowest BCUT2D eigenvalue weighted by atomic mass is 9.86. The van der Waals surface area contributed by atoms with Crippen LogP contribution in [0.1, 0.15) is 114 Å². The molecule has 0 aliphatic rings. The molecule has 60 heavy (non-hydrogen) atoms. The first kappa shape index (κ1) is 46.0. The standard InChI is InChI=1S/C46H53Cl3N6O5/c1-5-6-7-8-9-10-11-12-13-17-23-39(60-34-24-25-38(56)35(29-34)46(2,3)4)44(58)50-33-22-18-19-30(26-33)43(57)51-42-40(53-52-32-20-15-14-16-21-32)45(59)55(54-42)41-36(48)27-31(47)28-37(41)49/h14-16,18-22,24-29,39,54,56H,5-13,17,23H2,1-4H3,(H,50,58)(H,51,57). The van der Waals surface area contributed by atoms with Crippen molar-refractivity contribution in [3.05, 3.63) is 121 Å². The van der Waals surface area contributed by atoms with Crippen LogP contribution in [0.25, 0.3) is 5.69 Å². The molecule has 1 heterocycles. The Balaban J connectivity index is 1.34. The summed E-state index contributed by atoms with van der Waals surface area (Å²) in [5, 5.41) is 27.9. The predicted octanol–water partition coefficient (Wildman–Crippen LogP) is 13.5. The fraction of sp³-hybridized carbons (Fsp3) is 0.370. The first-order valence-corrected chi connectivity index (χ1v) is 21.6. The van der Waals surface area contributed by atoms with Crippen LogP contribution in [0.4, 0.5) is 22.9 Å². The van der Waals surface area contributed by atoms with Gasteiger partial charge in [-0.25, -0.2) is 4.68 Å². The van der Waals surface area contributed by atoms with Gasteiger partial charge in [-0.15, -0.1) is 5.11 Å². The number of phenolic OH excluding ortho intramolecular Hbond substituents is 1. The highest BCUT2D eigenvalue weighted by atomic mass is 35.5. The van der Waals surface area contributed by atoms with E-state index in [-0.39, 0.29) is 54.9 Å². The number of aromatic amines is 1. The van der Waals surface area contributed by atoms with Crippen molar-refractivity contribution >= 4 is 69.5 Å². The number of halogens is 3. The number of anilines is 2. The molecule has 4 aromatic carbocycles. The summed E-state index contributed by atoms with van der Waals surface area (Å²) in [7, 11) is 0. The first-order chi connectivity index (χ1) is 28.7. The molecule has 0 fully saturated rings. The Kier molecular flexibility index (Phi) is 16.8. The predicted molar refractivity (Wildman–Crippen MR) is 243 cm³/mol. The van der Waals surface area contributed by atoms with Crippen LogP contribution in [0.2, 0.25) is 15.1 Å². The van der Waals surface area contributed by atoms with Gasteiger partial charge >= 0.3 is 5.56 Å². The van der Waals surface area contributed by atoms with Crippen molar-refractivity contribution in [2.24, 2.45) is 10.2 Å².